The summed E-state index contributed by atoms with van der Waals surface area (Å²) in [5.74, 6) is 0.625. The van der Waals surface area contributed by atoms with E-state index in [1.54, 1.807) is 20.4 Å². The van der Waals surface area contributed by atoms with Crippen LogP contribution in [0.3, 0.4) is 0 Å². The number of hydrogen-bond donors (Lipinski definition) is 1. The molecule has 0 aliphatic heterocycles. The maximum absolute atomic E-state index is 5.10. The van der Waals surface area contributed by atoms with E-state index in [-0.39, 0.29) is 0 Å². The molecule has 0 aliphatic rings. The molecule has 1 aromatic heterocycles. The minimum Gasteiger partial charge on any atom is -0.481 e. The van der Waals surface area contributed by atoms with Crippen molar-refractivity contribution in [2.45, 2.75) is 19.4 Å². The van der Waals surface area contributed by atoms with E-state index in [9.17, 15) is 0 Å². The SMILES string of the molecule is CCC(COC)Nc1ccc(OC)nc1. The maximum atomic E-state index is 5.10. The molecule has 1 atom stereocenters. The van der Waals surface area contributed by atoms with Crippen molar-refractivity contribution in [3.63, 3.8) is 0 Å². The van der Waals surface area contributed by atoms with Crippen LogP contribution in [0.25, 0.3) is 0 Å². The number of methoxy groups -OCH3 is 2. The second-order valence-corrected chi connectivity index (χ2v) is 3.29. The molecule has 84 valence electrons. The van der Waals surface area contributed by atoms with Crippen molar-refractivity contribution in [1.82, 2.24) is 4.98 Å². The highest BCUT2D eigenvalue weighted by Crippen LogP contribution is 2.12. The average Bonchev–Trinajstić information content (AvgIpc) is 2.29. The first kappa shape index (κ1) is 11.8. The zero-order valence-electron chi connectivity index (χ0n) is 9.49. The van der Waals surface area contributed by atoms with Gasteiger partial charge in [-0.3, -0.25) is 0 Å². The third kappa shape index (κ3) is 3.75. The molecular formula is C11H18N2O2. The molecule has 1 heterocycles. The van der Waals surface area contributed by atoms with Crippen molar-refractivity contribution in [3.8, 4) is 5.88 Å². The average molecular weight is 210 g/mol. The summed E-state index contributed by atoms with van der Waals surface area (Å²) in [6, 6.07) is 4.11. The van der Waals surface area contributed by atoms with Crippen molar-refractivity contribution in [2.24, 2.45) is 0 Å². The van der Waals surface area contributed by atoms with Crippen LogP contribution < -0.4 is 10.1 Å². The quantitative estimate of drug-likeness (QED) is 0.779. The number of nitrogens with zero attached hydrogens (tertiary/aromatic N) is 1. The summed E-state index contributed by atoms with van der Waals surface area (Å²) in [7, 11) is 3.31. The molecule has 4 nitrogen and oxygen atoms in total. The van der Waals surface area contributed by atoms with Crippen LogP contribution in [-0.2, 0) is 4.74 Å². The van der Waals surface area contributed by atoms with Gasteiger partial charge in [-0.25, -0.2) is 4.98 Å². The minimum atomic E-state index is 0.324. The monoisotopic (exact) mass is 210 g/mol. The van der Waals surface area contributed by atoms with Gasteiger partial charge in [-0.2, -0.15) is 0 Å². The highest BCUT2D eigenvalue weighted by Gasteiger charge is 2.05. The predicted octanol–water partition coefficient (Wildman–Crippen LogP) is 1.93. The van der Waals surface area contributed by atoms with Gasteiger partial charge in [0.05, 0.1) is 25.6 Å². The van der Waals surface area contributed by atoms with E-state index >= 15 is 0 Å². The molecule has 1 unspecified atom stereocenters. The summed E-state index contributed by atoms with van der Waals surface area (Å²) in [6.45, 7) is 2.82. The van der Waals surface area contributed by atoms with Gasteiger partial charge in [0.25, 0.3) is 0 Å². The third-order valence-corrected chi connectivity index (χ3v) is 2.18. The lowest BCUT2D eigenvalue weighted by molar-refractivity contribution is 0.184. The molecule has 15 heavy (non-hydrogen) atoms. The van der Waals surface area contributed by atoms with Gasteiger partial charge < -0.3 is 14.8 Å². The molecule has 1 aromatic rings. The smallest absolute Gasteiger partial charge is 0.213 e. The van der Waals surface area contributed by atoms with Crippen LogP contribution in [-0.4, -0.2) is 31.9 Å². The highest BCUT2D eigenvalue weighted by atomic mass is 16.5. The Morgan fingerprint density at radius 1 is 1.40 bits per heavy atom. The molecule has 1 rings (SSSR count). The number of rotatable bonds is 6. The van der Waals surface area contributed by atoms with E-state index in [1.807, 2.05) is 12.1 Å². The van der Waals surface area contributed by atoms with Crippen LogP contribution >= 0.6 is 0 Å². The number of nitrogens with one attached hydrogen (secondary N) is 1. The predicted molar refractivity (Wildman–Crippen MR) is 60.4 cm³/mol. The second-order valence-electron chi connectivity index (χ2n) is 3.29. The Balaban J connectivity index is 2.55. The lowest BCUT2D eigenvalue weighted by atomic mass is 10.2. The van der Waals surface area contributed by atoms with E-state index in [4.69, 9.17) is 9.47 Å². The summed E-state index contributed by atoms with van der Waals surface area (Å²) in [6.07, 6.45) is 2.77. The Morgan fingerprint density at radius 3 is 2.67 bits per heavy atom. The first-order chi connectivity index (χ1) is 7.30. The molecule has 0 aromatic carbocycles. The topological polar surface area (TPSA) is 43.4 Å². The van der Waals surface area contributed by atoms with Crippen LogP contribution in [0.2, 0.25) is 0 Å². The van der Waals surface area contributed by atoms with Gasteiger partial charge in [0.15, 0.2) is 0 Å². The molecule has 0 bridgehead atoms. The molecule has 0 saturated heterocycles. The van der Waals surface area contributed by atoms with Gasteiger partial charge in [0, 0.05) is 19.2 Å². The lowest BCUT2D eigenvalue weighted by Crippen LogP contribution is -2.23. The van der Waals surface area contributed by atoms with Gasteiger partial charge in [0.2, 0.25) is 5.88 Å². The lowest BCUT2D eigenvalue weighted by Gasteiger charge is -2.16. The summed E-state index contributed by atoms with van der Waals surface area (Å²) in [5.41, 5.74) is 0.986. The zero-order chi connectivity index (χ0) is 11.1. The van der Waals surface area contributed by atoms with E-state index in [2.05, 4.69) is 17.2 Å². The normalized spacial score (nSPS) is 12.2. The van der Waals surface area contributed by atoms with Crippen LogP contribution in [0, 0.1) is 0 Å². The van der Waals surface area contributed by atoms with Crippen molar-refractivity contribution in [3.05, 3.63) is 18.3 Å². The van der Waals surface area contributed by atoms with Crippen molar-refractivity contribution in [1.29, 1.82) is 0 Å². The Morgan fingerprint density at radius 2 is 2.20 bits per heavy atom. The maximum Gasteiger partial charge on any atom is 0.213 e. The molecule has 0 radical (unpaired) electrons. The highest BCUT2D eigenvalue weighted by molar-refractivity contribution is 5.42. The molecule has 0 saturated carbocycles. The fourth-order valence-corrected chi connectivity index (χ4v) is 1.28. The fraction of sp³-hybridized carbons (Fsp3) is 0.545. The Kier molecular flexibility index (Phi) is 4.90. The van der Waals surface area contributed by atoms with Gasteiger partial charge >= 0.3 is 0 Å². The Labute approximate surface area is 90.6 Å². The standard InChI is InChI=1S/C11H18N2O2/c1-4-9(8-14-2)13-10-5-6-11(15-3)12-7-10/h5-7,9,13H,4,8H2,1-3H3. The molecule has 0 aliphatic carbocycles. The van der Waals surface area contributed by atoms with Crippen molar-refractivity contribution >= 4 is 5.69 Å². The zero-order valence-corrected chi connectivity index (χ0v) is 9.49. The Bertz CT molecular complexity index is 274. The van der Waals surface area contributed by atoms with E-state index < -0.39 is 0 Å². The van der Waals surface area contributed by atoms with Crippen molar-refractivity contribution < 1.29 is 9.47 Å². The van der Waals surface area contributed by atoms with Crippen LogP contribution in [0.4, 0.5) is 5.69 Å². The van der Waals surface area contributed by atoms with E-state index in [0.29, 0.717) is 18.5 Å². The summed E-state index contributed by atoms with van der Waals surface area (Å²) < 4.78 is 10.1. The second kappa shape index (κ2) is 6.24. The van der Waals surface area contributed by atoms with Gasteiger partial charge in [-0.05, 0) is 12.5 Å². The van der Waals surface area contributed by atoms with Crippen LogP contribution in [0.5, 0.6) is 5.88 Å². The first-order valence-electron chi connectivity index (χ1n) is 5.05. The summed E-state index contributed by atoms with van der Waals surface area (Å²) >= 11 is 0. The number of aromatic nitrogens is 1. The molecule has 0 fully saturated rings. The minimum absolute atomic E-state index is 0.324. The molecule has 0 amide bonds. The van der Waals surface area contributed by atoms with E-state index in [0.717, 1.165) is 12.1 Å². The largest absolute Gasteiger partial charge is 0.481 e. The molecular weight excluding hydrogens is 192 g/mol. The summed E-state index contributed by atoms with van der Waals surface area (Å²) in [5, 5.41) is 3.34. The number of pyridine rings is 1. The van der Waals surface area contributed by atoms with Crippen LogP contribution in [0.15, 0.2) is 18.3 Å². The van der Waals surface area contributed by atoms with Crippen molar-refractivity contribution in [2.75, 3.05) is 26.1 Å². The number of ether oxygens (including phenoxy) is 2. The van der Waals surface area contributed by atoms with Crippen LogP contribution in [0.1, 0.15) is 13.3 Å². The number of anilines is 1. The molecule has 1 N–H and O–H groups in total. The molecule has 0 spiro atoms. The summed E-state index contributed by atoms with van der Waals surface area (Å²) in [4.78, 5) is 4.12. The Hall–Kier alpha value is -1.29. The fourth-order valence-electron chi connectivity index (χ4n) is 1.28. The van der Waals surface area contributed by atoms with Gasteiger partial charge in [0.1, 0.15) is 0 Å². The number of hydrogen-bond acceptors (Lipinski definition) is 4. The van der Waals surface area contributed by atoms with Gasteiger partial charge in [-0.15, -0.1) is 0 Å². The third-order valence-electron chi connectivity index (χ3n) is 2.18. The molecule has 4 heteroatoms. The van der Waals surface area contributed by atoms with Gasteiger partial charge in [-0.1, -0.05) is 6.92 Å². The van der Waals surface area contributed by atoms with E-state index in [1.165, 1.54) is 0 Å². The first-order valence-corrected chi connectivity index (χ1v) is 5.05.